The molecule has 0 spiro atoms. The molecule has 0 unspecified atom stereocenters. The highest BCUT2D eigenvalue weighted by Crippen LogP contribution is 2.31. The lowest BCUT2D eigenvalue weighted by atomic mass is 10.2. The monoisotopic (exact) mass is 239 g/mol. The lowest BCUT2D eigenvalue weighted by molar-refractivity contribution is -0.117. The molecule has 0 saturated heterocycles. The Hall–Kier alpha value is -1.55. The molecule has 0 atom stereocenters. The SMILES string of the molecule is O=C(O)c1ccc(NC(=O)C2CC2)c(Cl)c1. The standard InChI is InChI=1S/C11H10ClNO3/c12-8-5-7(11(15)16)3-4-9(8)13-10(14)6-1-2-6/h3-6H,1-2H2,(H,13,14)(H,15,16). The number of aromatic carboxylic acids is 1. The van der Waals surface area contributed by atoms with Gasteiger partial charge in [-0.25, -0.2) is 4.79 Å². The molecular weight excluding hydrogens is 230 g/mol. The van der Waals surface area contributed by atoms with Crippen LogP contribution < -0.4 is 5.32 Å². The smallest absolute Gasteiger partial charge is 0.335 e. The molecule has 5 heteroatoms. The van der Waals surface area contributed by atoms with E-state index in [0.29, 0.717) is 5.69 Å². The van der Waals surface area contributed by atoms with Crippen molar-refractivity contribution in [2.45, 2.75) is 12.8 Å². The lowest BCUT2D eigenvalue weighted by Gasteiger charge is -2.06. The molecule has 1 aromatic rings. The molecule has 0 bridgehead atoms. The van der Waals surface area contributed by atoms with Crippen molar-refractivity contribution < 1.29 is 14.7 Å². The van der Waals surface area contributed by atoms with Crippen molar-refractivity contribution in [2.24, 2.45) is 5.92 Å². The number of rotatable bonds is 3. The summed E-state index contributed by atoms with van der Waals surface area (Å²) in [5, 5.41) is 11.7. The third-order valence-electron chi connectivity index (χ3n) is 2.42. The molecule has 16 heavy (non-hydrogen) atoms. The second-order valence-electron chi connectivity index (χ2n) is 3.76. The number of halogens is 1. The number of hydrogen-bond donors (Lipinski definition) is 2. The minimum absolute atomic E-state index is 0.0509. The quantitative estimate of drug-likeness (QED) is 0.851. The maximum Gasteiger partial charge on any atom is 0.335 e. The molecular formula is C11H10ClNO3. The van der Waals surface area contributed by atoms with E-state index in [1.165, 1.54) is 18.2 Å². The minimum atomic E-state index is -1.04. The molecule has 0 aliphatic heterocycles. The van der Waals surface area contributed by atoms with Gasteiger partial charge in [-0.05, 0) is 31.0 Å². The Labute approximate surface area is 97.2 Å². The summed E-state index contributed by atoms with van der Waals surface area (Å²) >= 11 is 5.86. The van der Waals surface area contributed by atoms with Gasteiger partial charge in [0.05, 0.1) is 16.3 Å². The first-order chi connectivity index (χ1) is 7.58. The number of carbonyl (C=O) groups excluding carboxylic acids is 1. The van der Waals surface area contributed by atoms with Crippen molar-refractivity contribution in [1.29, 1.82) is 0 Å². The largest absolute Gasteiger partial charge is 0.478 e. The van der Waals surface area contributed by atoms with Gasteiger partial charge >= 0.3 is 5.97 Å². The average molecular weight is 240 g/mol. The number of carboxylic acids is 1. The fourth-order valence-corrected chi connectivity index (χ4v) is 1.56. The van der Waals surface area contributed by atoms with Gasteiger partial charge in [-0.3, -0.25) is 4.79 Å². The first-order valence-electron chi connectivity index (χ1n) is 4.91. The maximum absolute atomic E-state index is 11.5. The van der Waals surface area contributed by atoms with Crippen LogP contribution in [0.2, 0.25) is 5.02 Å². The zero-order chi connectivity index (χ0) is 11.7. The van der Waals surface area contributed by atoms with Crippen LogP contribution in [0.3, 0.4) is 0 Å². The van der Waals surface area contributed by atoms with Crippen molar-refractivity contribution in [3.8, 4) is 0 Å². The van der Waals surface area contributed by atoms with Crippen LogP contribution >= 0.6 is 11.6 Å². The van der Waals surface area contributed by atoms with Crippen molar-refractivity contribution in [3.05, 3.63) is 28.8 Å². The zero-order valence-corrected chi connectivity index (χ0v) is 9.12. The van der Waals surface area contributed by atoms with Crippen LogP contribution in [0.1, 0.15) is 23.2 Å². The fraction of sp³-hybridized carbons (Fsp3) is 0.273. The maximum atomic E-state index is 11.5. The summed E-state index contributed by atoms with van der Waals surface area (Å²) in [6.07, 6.45) is 1.83. The van der Waals surface area contributed by atoms with E-state index in [2.05, 4.69) is 5.32 Å². The fourth-order valence-electron chi connectivity index (χ4n) is 1.33. The van der Waals surface area contributed by atoms with Crippen LogP contribution in [-0.4, -0.2) is 17.0 Å². The van der Waals surface area contributed by atoms with Gasteiger partial charge in [-0.1, -0.05) is 11.6 Å². The first kappa shape index (κ1) is 11.0. The Morgan fingerprint density at radius 1 is 1.38 bits per heavy atom. The highest BCUT2D eigenvalue weighted by atomic mass is 35.5. The van der Waals surface area contributed by atoms with E-state index in [0.717, 1.165) is 12.8 Å². The summed E-state index contributed by atoms with van der Waals surface area (Å²) in [6.45, 7) is 0. The summed E-state index contributed by atoms with van der Waals surface area (Å²) in [5.41, 5.74) is 0.568. The number of anilines is 1. The number of carboxylic acid groups (broad SMARTS) is 1. The average Bonchev–Trinajstić information content (AvgIpc) is 3.03. The molecule has 2 rings (SSSR count). The molecule has 0 heterocycles. The lowest BCUT2D eigenvalue weighted by Crippen LogP contribution is -2.13. The minimum Gasteiger partial charge on any atom is -0.478 e. The Balaban J connectivity index is 2.15. The van der Waals surface area contributed by atoms with Crippen LogP contribution in [-0.2, 0) is 4.79 Å². The van der Waals surface area contributed by atoms with E-state index in [-0.39, 0.29) is 22.4 Å². The number of benzene rings is 1. The predicted molar refractivity (Wildman–Crippen MR) is 59.8 cm³/mol. The van der Waals surface area contributed by atoms with Crippen molar-refractivity contribution >= 4 is 29.2 Å². The van der Waals surface area contributed by atoms with Gasteiger partial charge in [0, 0.05) is 5.92 Å². The topological polar surface area (TPSA) is 66.4 Å². The van der Waals surface area contributed by atoms with Gasteiger partial charge in [-0.15, -0.1) is 0 Å². The third-order valence-corrected chi connectivity index (χ3v) is 2.73. The molecule has 1 saturated carbocycles. The van der Waals surface area contributed by atoms with Crippen LogP contribution in [0, 0.1) is 5.92 Å². The van der Waals surface area contributed by atoms with Crippen LogP contribution in [0.25, 0.3) is 0 Å². The van der Waals surface area contributed by atoms with Gasteiger partial charge in [0.2, 0.25) is 5.91 Å². The van der Waals surface area contributed by atoms with E-state index in [1.807, 2.05) is 0 Å². The predicted octanol–water partition coefficient (Wildman–Crippen LogP) is 2.39. The van der Waals surface area contributed by atoms with Gasteiger partial charge in [0.15, 0.2) is 0 Å². The van der Waals surface area contributed by atoms with E-state index in [9.17, 15) is 9.59 Å². The zero-order valence-electron chi connectivity index (χ0n) is 8.37. The van der Waals surface area contributed by atoms with Gasteiger partial charge in [0.25, 0.3) is 0 Å². The van der Waals surface area contributed by atoms with Crippen molar-refractivity contribution in [1.82, 2.24) is 0 Å². The summed E-state index contributed by atoms with van der Waals surface area (Å²) in [6, 6.07) is 4.25. The van der Waals surface area contributed by atoms with E-state index < -0.39 is 5.97 Å². The Kier molecular flexibility index (Phi) is 2.83. The summed E-state index contributed by atoms with van der Waals surface area (Å²) in [5.74, 6) is -0.998. The Bertz CT molecular complexity index is 455. The molecule has 2 N–H and O–H groups in total. The molecule has 1 fully saturated rings. The molecule has 1 aromatic carbocycles. The van der Waals surface area contributed by atoms with E-state index in [1.54, 1.807) is 0 Å². The van der Waals surface area contributed by atoms with E-state index >= 15 is 0 Å². The second-order valence-corrected chi connectivity index (χ2v) is 4.17. The molecule has 1 aliphatic rings. The first-order valence-corrected chi connectivity index (χ1v) is 5.29. The normalized spacial score (nSPS) is 14.6. The molecule has 4 nitrogen and oxygen atoms in total. The van der Waals surface area contributed by atoms with Crippen molar-refractivity contribution in [2.75, 3.05) is 5.32 Å². The Morgan fingerprint density at radius 3 is 2.56 bits per heavy atom. The number of amides is 1. The molecule has 0 aromatic heterocycles. The molecule has 1 amide bonds. The highest BCUT2D eigenvalue weighted by Gasteiger charge is 2.29. The van der Waals surface area contributed by atoms with Gasteiger partial charge in [-0.2, -0.15) is 0 Å². The van der Waals surface area contributed by atoms with Crippen LogP contribution in [0.15, 0.2) is 18.2 Å². The van der Waals surface area contributed by atoms with Gasteiger partial charge in [0.1, 0.15) is 0 Å². The molecule has 84 valence electrons. The van der Waals surface area contributed by atoms with Gasteiger partial charge < -0.3 is 10.4 Å². The van der Waals surface area contributed by atoms with E-state index in [4.69, 9.17) is 16.7 Å². The number of carbonyl (C=O) groups is 2. The second kappa shape index (κ2) is 4.14. The summed E-state index contributed by atoms with van der Waals surface area (Å²) in [4.78, 5) is 22.1. The summed E-state index contributed by atoms with van der Waals surface area (Å²) in [7, 11) is 0. The Morgan fingerprint density at radius 2 is 2.06 bits per heavy atom. The van der Waals surface area contributed by atoms with Crippen LogP contribution in [0.4, 0.5) is 5.69 Å². The van der Waals surface area contributed by atoms with Crippen LogP contribution in [0.5, 0.6) is 0 Å². The number of hydrogen-bond acceptors (Lipinski definition) is 2. The molecule has 0 radical (unpaired) electrons. The molecule has 1 aliphatic carbocycles. The highest BCUT2D eigenvalue weighted by molar-refractivity contribution is 6.34. The summed E-state index contributed by atoms with van der Waals surface area (Å²) < 4.78 is 0. The number of nitrogens with one attached hydrogen (secondary N) is 1. The van der Waals surface area contributed by atoms with Crippen molar-refractivity contribution in [3.63, 3.8) is 0 Å². The third kappa shape index (κ3) is 2.33.